The Kier molecular flexibility index (Phi) is 4.16. The molecule has 0 spiro atoms. The maximum atomic E-state index is 12.0. The molecule has 0 aromatic heterocycles. The molecule has 0 bridgehead atoms. The maximum absolute atomic E-state index is 12.0. The highest BCUT2D eigenvalue weighted by Gasteiger charge is 2.13. The van der Waals surface area contributed by atoms with Crippen molar-refractivity contribution in [3.05, 3.63) is 42.5 Å². The number of fused-ring (bicyclic) bond motifs is 1. The first-order valence-electron chi connectivity index (χ1n) is 6.04. The van der Waals surface area contributed by atoms with Crippen molar-refractivity contribution in [3.63, 3.8) is 0 Å². The zero-order valence-electron chi connectivity index (χ0n) is 10.7. The van der Waals surface area contributed by atoms with Crippen molar-refractivity contribution in [3.8, 4) is 12.1 Å². The third-order valence-electron chi connectivity index (χ3n) is 2.84. The average molecular weight is 264 g/mol. The van der Waals surface area contributed by atoms with Crippen molar-refractivity contribution in [2.45, 2.75) is 0 Å². The van der Waals surface area contributed by atoms with Crippen LogP contribution in [0.25, 0.3) is 10.8 Å². The monoisotopic (exact) mass is 264 g/mol. The van der Waals surface area contributed by atoms with Crippen LogP contribution in [0.5, 0.6) is 0 Å². The number of nitrogens with zero attached hydrogens (tertiary/aromatic N) is 3. The predicted molar refractivity (Wildman–Crippen MR) is 75.8 cm³/mol. The fraction of sp³-hybridized carbons (Fsp3) is 0.133. The SMILES string of the molecule is N#CCN(CC#N)C(=O)Nc1cccc2ccccc12. The summed E-state index contributed by atoms with van der Waals surface area (Å²) in [7, 11) is 0. The first-order chi connectivity index (χ1) is 9.76. The molecule has 0 saturated heterocycles. The number of hydrogen-bond donors (Lipinski definition) is 1. The van der Waals surface area contributed by atoms with Gasteiger partial charge in [-0.05, 0) is 11.5 Å². The van der Waals surface area contributed by atoms with Crippen LogP contribution in [0.2, 0.25) is 0 Å². The summed E-state index contributed by atoms with van der Waals surface area (Å²) in [6.07, 6.45) is 0. The lowest BCUT2D eigenvalue weighted by atomic mass is 10.1. The average Bonchev–Trinajstić information content (AvgIpc) is 2.47. The molecule has 1 N–H and O–H groups in total. The van der Waals surface area contributed by atoms with Gasteiger partial charge >= 0.3 is 6.03 Å². The standard InChI is InChI=1S/C15H12N4O/c16-8-10-19(11-9-17)15(20)18-14-7-3-5-12-4-1-2-6-13(12)14/h1-7H,10-11H2,(H,18,20). The molecule has 0 radical (unpaired) electrons. The van der Waals surface area contributed by atoms with E-state index in [0.29, 0.717) is 5.69 Å². The number of amides is 2. The lowest BCUT2D eigenvalue weighted by Crippen LogP contribution is -2.35. The van der Waals surface area contributed by atoms with Gasteiger partial charge in [0.15, 0.2) is 0 Å². The Hall–Kier alpha value is -3.05. The van der Waals surface area contributed by atoms with Crippen LogP contribution in [0, 0.1) is 22.7 Å². The molecule has 0 aliphatic rings. The van der Waals surface area contributed by atoms with E-state index in [2.05, 4.69) is 5.32 Å². The van der Waals surface area contributed by atoms with Gasteiger partial charge in [-0.15, -0.1) is 0 Å². The van der Waals surface area contributed by atoms with Gasteiger partial charge in [0, 0.05) is 5.39 Å². The maximum Gasteiger partial charge on any atom is 0.323 e. The number of carbonyl (C=O) groups excluding carboxylic acids is 1. The summed E-state index contributed by atoms with van der Waals surface area (Å²) in [5.74, 6) is 0. The highest BCUT2D eigenvalue weighted by atomic mass is 16.2. The summed E-state index contributed by atoms with van der Waals surface area (Å²) >= 11 is 0. The van der Waals surface area contributed by atoms with Gasteiger partial charge in [-0.25, -0.2) is 4.79 Å². The smallest absolute Gasteiger partial charge is 0.307 e. The van der Waals surface area contributed by atoms with Gasteiger partial charge in [0.2, 0.25) is 0 Å². The molecule has 20 heavy (non-hydrogen) atoms. The molecular weight excluding hydrogens is 252 g/mol. The van der Waals surface area contributed by atoms with Crippen molar-refractivity contribution < 1.29 is 4.79 Å². The van der Waals surface area contributed by atoms with E-state index in [1.165, 1.54) is 0 Å². The largest absolute Gasteiger partial charge is 0.323 e. The molecule has 0 aliphatic heterocycles. The molecule has 0 atom stereocenters. The van der Waals surface area contributed by atoms with Crippen molar-refractivity contribution in [2.24, 2.45) is 0 Å². The van der Waals surface area contributed by atoms with Gasteiger partial charge in [-0.2, -0.15) is 10.5 Å². The summed E-state index contributed by atoms with van der Waals surface area (Å²) < 4.78 is 0. The van der Waals surface area contributed by atoms with Crippen LogP contribution in [-0.4, -0.2) is 24.0 Å². The number of urea groups is 1. The van der Waals surface area contributed by atoms with Crippen LogP contribution in [0.4, 0.5) is 10.5 Å². The molecule has 2 amide bonds. The van der Waals surface area contributed by atoms with E-state index in [-0.39, 0.29) is 13.1 Å². The Morgan fingerprint density at radius 3 is 2.40 bits per heavy atom. The second-order valence-corrected chi connectivity index (χ2v) is 4.13. The van der Waals surface area contributed by atoms with E-state index in [0.717, 1.165) is 15.7 Å². The first kappa shape index (κ1) is 13.4. The first-order valence-corrected chi connectivity index (χ1v) is 6.04. The van der Waals surface area contributed by atoms with Gasteiger partial charge in [0.05, 0.1) is 17.8 Å². The van der Waals surface area contributed by atoms with Crippen LogP contribution >= 0.6 is 0 Å². The Morgan fingerprint density at radius 2 is 1.70 bits per heavy atom. The third kappa shape index (κ3) is 2.85. The lowest BCUT2D eigenvalue weighted by Gasteiger charge is -2.17. The molecule has 0 fully saturated rings. The molecule has 98 valence electrons. The summed E-state index contributed by atoms with van der Waals surface area (Å²) in [4.78, 5) is 13.2. The van der Waals surface area contributed by atoms with Gasteiger partial charge in [-0.1, -0.05) is 36.4 Å². The van der Waals surface area contributed by atoms with Crippen LogP contribution in [-0.2, 0) is 0 Å². The van der Waals surface area contributed by atoms with Gasteiger partial charge in [0.1, 0.15) is 13.1 Å². The van der Waals surface area contributed by atoms with Crippen molar-refractivity contribution in [1.82, 2.24) is 4.90 Å². The number of carbonyl (C=O) groups is 1. The van der Waals surface area contributed by atoms with E-state index in [4.69, 9.17) is 10.5 Å². The summed E-state index contributed by atoms with van der Waals surface area (Å²) in [6.45, 7) is -0.242. The van der Waals surface area contributed by atoms with E-state index in [1.54, 1.807) is 6.07 Å². The van der Waals surface area contributed by atoms with E-state index >= 15 is 0 Å². The Labute approximate surface area is 116 Å². The second kappa shape index (κ2) is 6.21. The van der Waals surface area contributed by atoms with E-state index in [1.807, 2.05) is 48.5 Å². The van der Waals surface area contributed by atoms with Crippen LogP contribution in [0.15, 0.2) is 42.5 Å². The molecule has 2 aromatic rings. The quantitative estimate of drug-likeness (QED) is 0.865. The predicted octanol–water partition coefficient (Wildman–Crippen LogP) is 2.72. The van der Waals surface area contributed by atoms with Crippen LogP contribution in [0.3, 0.4) is 0 Å². The summed E-state index contributed by atoms with van der Waals surface area (Å²) in [5.41, 5.74) is 0.661. The molecule has 5 nitrogen and oxygen atoms in total. The summed E-state index contributed by atoms with van der Waals surface area (Å²) in [6, 6.07) is 16.5. The minimum Gasteiger partial charge on any atom is -0.307 e. The Morgan fingerprint density at radius 1 is 1.05 bits per heavy atom. The van der Waals surface area contributed by atoms with E-state index in [9.17, 15) is 4.79 Å². The fourth-order valence-electron chi connectivity index (χ4n) is 1.90. The topological polar surface area (TPSA) is 79.9 Å². The Bertz CT molecular complexity index is 690. The highest BCUT2D eigenvalue weighted by molar-refractivity contribution is 6.01. The number of rotatable bonds is 3. The lowest BCUT2D eigenvalue weighted by molar-refractivity contribution is 0.223. The highest BCUT2D eigenvalue weighted by Crippen LogP contribution is 2.23. The zero-order valence-corrected chi connectivity index (χ0v) is 10.7. The minimum atomic E-state index is -0.454. The third-order valence-corrected chi connectivity index (χ3v) is 2.84. The molecule has 0 aliphatic carbocycles. The van der Waals surface area contributed by atoms with Crippen LogP contribution < -0.4 is 5.32 Å². The van der Waals surface area contributed by atoms with E-state index < -0.39 is 6.03 Å². The number of anilines is 1. The minimum absolute atomic E-state index is 0.121. The molecule has 0 heterocycles. The molecule has 5 heteroatoms. The van der Waals surface area contributed by atoms with Gasteiger partial charge in [-0.3, -0.25) is 4.90 Å². The fourth-order valence-corrected chi connectivity index (χ4v) is 1.90. The number of nitriles is 2. The molecule has 0 saturated carbocycles. The Balaban J connectivity index is 2.26. The molecule has 0 unspecified atom stereocenters. The van der Waals surface area contributed by atoms with Gasteiger partial charge in [0.25, 0.3) is 0 Å². The number of hydrogen-bond acceptors (Lipinski definition) is 3. The number of benzene rings is 2. The van der Waals surface area contributed by atoms with Crippen molar-refractivity contribution >= 4 is 22.5 Å². The zero-order chi connectivity index (χ0) is 14.4. The van der Waals surface area contributed by atoms with Crippen LogP contribution in [0.1, 0.15) is 0 Å². The normalized spacial score (nSPS) is 9.50. The van der Waals surface area contributed by atoms with Gasteiger partial charge < -0.3 is 5.32 Å². The molecular formula is C15H12N4O. The van der Waals surface area contributed by atoms with Crippen molar-refractivity contribution in [2.75, 3.05) is 18.4 Å². The molecule has 2 aromatic carbocycles. The molecule has 2 rings (SSSR count). The second-order valence-electron chi connectivity index (χ2n) is 4.13. The van der Waals surface area contributed by atoms with Crippen molar-refractivity contribution in [1.29, 1.82) is 10.5 Å². The summed E-state index contributed by atoms with van der Waals surface area (Å²) in [5, 5.41) is 22.0. The number of nitrogens with one attached hydrogen (secondary N) is 1.